The molecule has 2 unspecified atom stereocenters. The lowest BCUT2D eigenvalue weighted by atomic mass is 9.44. The summed E-state index contributed by atoms with van der Waals surface area (Å²) in [6.45, 7) is 4.58. The van der Waals surface area contributed by atoms with Crippen LogP contribution in [0.25, 0.3) is 0 Å². The van der Waals surface area contributed by atoms with Crippen molar-refractivity contribution in [3.05, 3.63) is 47.5 Å². The van der Waals surface area contributed by atoms with Crippen LogP contribution in [0.3, 0.4) is 0 Å². The van der Waals surface area contributed by atoms with Crippen LogP contribution < -0.4 is 0 Å². The van der Waals surface area contributed by atoms with Crippen molar-refractivity contribution < 1.29 is 10.2 Å². The predicted octanol–water partition coefficient (Wildman–Crippen LogP) is 2.68. The van der Waals surface area contributed by atoms with Crippen LogP contribution in [-0.2, 0) is 11.8 Å². The van der Waals surface area contributed by atoms with Crippen LogP contribution in [0, 0.1) is 17.3 Å². The van der Waals surface area contributed by atoms with E-state index in [9.17, 15) is 10.2 Å². The lowest BCUT2D eigenvalue weighted by molar-refractivity contribution is -0.0683. The average molecular weight is 272 g/mol. The van der Waals surface area contributed by atoms with E-state index in [1.165, 1.54) is 11.1 Å². The van der Waals surface area contributed by atoms with Crippen LogP contribution in [0.1, 0.15) is 31.4 Å². The van der Waals surface area contributed by atoms with E-state index in [0.717, 1.165) is 12.8 Å². The van der Waals surface area contributed by atoms with Gasteiger partial charge in [-0.3, -0.25) is 0 Å². The highest BCUT2D eigenvalue weighted by molar-refractivity contribution is 5.44. The van der Waals surface area contributed by atoms with E-state index in [0.29, 0.717) is 0 Å². The topological polar surface area (TPSA) is 40.5 Å². The maximum Gasteiger partial charge on any atom is 0.0540 e. The number of rotatable bonds is 2. The van der Waals surface area contributed by atoms with Crippen molar-refractivity contribution in [2.24, 2.45) is 17.3 Å². The van der Waals surface area contributed by atoms with E-state index in [-0.39, 0.29) is 35.9 Å². The van der Waals surface area contributed by atoms with Crippen molar-refractivity contribution in [2.45, 2.75) is 32.1 Å². The van der Waals surface area contributed by atoms with E-state index in [2.05, 4.69) is 50.3 Å². The number of aliphatic hydroxyl groups is 2. The van der Waals surface area contributed by atoms with Crippen LogP contribution in [0.4, 0.5) is 0 Å². The van der Waals surface area contributed by atoms with Crippen LogP contribution in [0.15, 0.2) is 36.4 Å². The highest BCUT2D eigenvalue weighted by Crippen LogP contribution is 2.60. The largest absolute Gasteiger partial charge is 0.396 e. The third-order valence-electron chi connectivity index (χ3n) is 6.10. The second-order valence-corrected chi connectivity index (χ2v) is 6.56. The van der Waals surface area contributed by atoms with Gasteiger partial charge in [0.25, 0.3) is 0 Å². The monoisotopic (exact) mass is 272 g/mol. The van der Waals surface area contributed by atoms with Gasteiger partial charge in [0.1, 0.15) is 0 Å². The fourth-order valence-electron chi connectivity index (χ4n) is 4.79. The molecule has 0 radical (unpaired) electrons. The maximum absolute atomic E-state index is 10.4. The van der Waals surface area contributed by atoms with Crippen molar-refractivity contribution in [3.63, 3.8) is 0 Å². The zero-order valence-corrected chi connectivity index (χ0v) is 12.3. The summed E-state index contributed by atoms with van der Waals surface area (Å²) in [5.74, 6) is 0.515. The van der Waals surface area contributed by atoms with Gasteiger partial charge < -0.3 is 10.2 Å². The summed E-state index contributed by atoms with van der Waals surface area (Å²) < 4.78 is 0. The minimum absolute atomic E-state index is 0.0976. The quantitative estimate of drug-likeness (QED) is 0.813. The molecule has 2 heteroatoms. The molecule has 0 heterocycles. The summed E-state index contributed by atoms with van der Waals surface area (Å²) >= 11 is 0. The first-order valence-electron chi connectivity index (χ1n) is 7.61. The van der Waals surface area contributed by atoms with Crippen LogP contribution in [0.2, 0.25) is 0 Å². The fourth-order valence-corrected chi connectivity index (χ4v) is 4.79. The number of aryl methyl sites for hydroxylation is 1. The summed E-state index contributed by atoms with van der Waals surface area (Å²) in [6, 6.07) is 8.45. The van der Waals surface area contributed by atoms with Gasteiger partial charge in [-0.15, -0.1) is 0 Å². The van der Waals surface area contributed by atoms with E-state index in [1.807, 2.05) is 0 Å². The molecule has 2 aliphatic carbocycles. The molecule has 1 aromatic carbocycles. The fraction of sp³-hybridized carbons (Fsp3) is 0.556. The molecular formula is C18H24O2. The van der Waals surface area contributed by atoms with Crippen molar-refractivity contribution in [1.29, 1.82) is 0 Å². The second kappa shape index (κ2) is 4.71. The van der Waals surface area contributed by atoms with E-state index in [4.69, 9.17) is 0 Å². The Bertz CT molecular complexity index is 536. The third-order valence-corrected chi connectivity index (χ3v) is 6.10. The molecule has 2 aliphatic rings. The normalized spacial score (nSPS) is 39.2. The Balaban J connectivity index is 2.30. The second-order valence-electron chi connectivity index (χ2n) is 6.56. The zero-order valence-electron chi connectivity index (χ0n) is 12.3. The molecule has 3 rings (SSSR count). The van der Waals surface area contributed by atoms with Crippen LogP contribution in [-0.4, -0.2) is 23.4 Å². The SMILES string of the molecule is CC1C=CC(C)[C@]2(CO)c3ccccc3CC[C@@]12CO. The standard InChI is InChI=1S/C18H24O2/c1-13-7-8-14(2)18(12-20)16-6-4-3-5-15(16)9-10-17(13,18)11-19/h3-8,13-14,19-20H,9-12H2,1-2H3/t13?,14?,17-,18-/m1/s1. The number of hydrogen-bond donors (Lipinski definition) is 2. The van der Waals surface area contributed by atoms with Gasteiger partial charge in [-0.05, 0) is 35.8 Å². The lowest BCUT2D eigenvalue weighted by Crippen LogP contribution is -2.61. The molecule has 0 bridgehead atoms. The Hall–Kier alpha value is -1.12. The molecule has 20 heavy (non-hydrogen) atoms. The molecule has 0 fully saturated rings. The minimum atomic E-state index is -0.356. The van der Waals surface area contributed by atoms with Crippen LogP contribution in [0.5, 0.6) is 0 Å². The summed E-state index contributed by atoms with van der Waals surface area (Å²) in [5, 5.41) is 20.6. The zero-order chi connectivity index (χ0) is 14.4. The summed E-state index contributed by atoms with van der Waals surface area (Å²) in [7, 11) is 0. The van der Waals surface area contributed by atoms with E-state index in [1.54, 1.807) is 0 Å². The van der Waals surface area contributed by atoms with Gasteiger partial charge >= 0.3 is 0 Å². The van der Waals surface area contributed by atoms with Gasteiger partial charge in [-0.2, -0.15) is 0 Å². The third kappa shape index (κ3) is 1.47. The van der Waals surface area contributed by atoms with Crippen molar-refractivity contribution in [2.75, 3.05) is 13.2 Å². The predicted molar refractivity (Wildman–Crippen MR) is 80.5 cm³/mol. The smallest absolute Gasteiger partial charge is 0.0540 e. The van der Waals surface area contributed by atoms with E-state index >= 15 is 0 Å². The van der Waals surface area contributed by atoms with Crippen molar-refractivity contribution in [3.8, 4) is 0 Å². The molecule has 4 atom stereocenters. The first-order valence-corrected chi connectivity index (χ1v) is 7.61. The Kier molecular flexibility index (Phi) is 3.26. The molecule has 2 nitrogen and oxygen atoms in total. The lowest BCUT2D eigenvalue weighted by Gasteiger charge is -2.60. The summed E-state index contributed by atoms with van der Waals surface area (Å²) in [4.78, 5) is 0. The molecule has 0 saturated heterocycles. The number of benzene rings is 1. The molecule has 0 aromatic heterocycles. The molecule has 0 saturated carbocycles. The summed E-state index contributed by atoms with van der Waals surface area (Å²) in [5.41, 5.74) is 1.97. The molecule has 0 aliphatic heterocycles. The maximum atomic E-state index is 10.4. The molecular weight excluding hydrogens is 248 g/mol. The summed E-state index contributed by atoms with van der Waals surface area (Å²) in [6.07, 6.45) is 6.37. The first-order chi connectivity index (χ1) is 9.62. The van der Waals surface area contributed by atoms with Gasteiger partial charge in [0.2, 0.25) is 0 Å². The molecule has 108 valence electrons. The van der Waals surface area contributed by atoms with Crippen LogP contribution >= 0.6 is 0 Å². The Morgan fingerprint density at radius 1 is 1.05 bits per heavy atom. The molecule has 0 amide bonds. The van der Waals surface area contributed by atoms with Gasteiger partial charge in [0.05, 0.1) is 13.2 Å². The Labute approximate surface area is 121 Å². The van der Waals surface area contributed by atoms with Gasteiger partial charge in [-0.25, -0.2) is 0 Å². The van der Waals surface area contributed by atoms with Crippen molar-refractivity contribution >= 4 is 0 Å². The van der Waals surface area contributed by atoms with Gasteiger partial charge in [-0.1, -0.05) is 50.3 Å². The van der Waals surface area contributed by atoms with E-state index < -0.39 is 0 Å². The first kappa shape index (κ1) is 13.8. The Morgan fingerprint density at radius 3 is 2.45 bits per heavy atom. The van der Waals surface area contributed by atoms with Gasteiger partial charge in [0.15, 0.2) is 0 Å². The number of fused-ring (bicyclic) bond motifs is 3. The van der Waals surface area contributed by atoms with Crippen molar-refractivity contribution in [1.82, 2.24) is 0 Å². The highest BCUT2D eigenvalue weighted by atomic mass is 16.3. The minimum Gasteiger partial charge on any atom is -0.396 e. The Morgan fingerprint density at radius 2 is 1.75 bits per heavy atom. The number of allylic oxidation sites excluding steroid dienone is 2. The average Bonchev–Trinajstić information content (AvgIpc) is 2.50. The number of hydrogen-bond acceptors (Lipinski definition) is 2. The number of aliphatic hydroxyl groups excluding tert-OH is 2. The highest BCUT2D eigenvalue weighted by Gasteiger charge is 2.59. The molecule has 0 spiro atoms. The molecule has 2 N–H and O–H groups in total. The molecule has 1 aromatic rings. The van der Waals surface area contributed by atoms with Gasteiger partial charge in [0, 0.05) is 10.8 Å².